The zero-order valence-corrected chi connectivity index (χ0v) is 15.7. The molecular weight excluding hydrogens is 326 g/mol. The molecule has 2 aromatic carbocycles. The third-order valence-corrected chi connectivity index (χ3v) is 4.28. The number of phenols is 1. The molecule has 26 heavy (non-hydrogen) atoms. The molecule has 138 valence electrons. The normalized spacial score (nSPS) is 11.0. The van der Waals surface area contributed by atoms with Crippen LogP contribution in [0.5, 0.6) is 11.5 Å². The average Bonchev–Trinajstić information content (AvgIpc) is 2.63. The third-order valence-electron chi connectivity index (χ3n) is 4.28. The summed E-state index contributed by atoms with van der Waals surface area (Å²) in [4.78, 5) is 12.4. The molecule has 0 radical (unpaired) electrons. The van der Waals surface area contributed by atoms with E-state index in [-0.39, 0.29) is 11.5 Å². The molecule has 0 aromatic heterocycles. The van der Waals surface area contributed by atoms with Crippen LogP contribution in [0.2, 0.25) is 0 Å². The van der Waals surface area contributed by atoms with Crippen LogP contribution < -0.4 is 10.5 Å². The van der Waals surface area contributed by atoms with Crippen LogP contribution in [0.4, 0.5) is 5.69 Å². The molecule has 0 aliphatic carbocycles. The van der Waals surface area contributed by atoms with E-state index in [0.29, 0.717) is 22.6 Å². The van der Waals surface area contributed by atoms with Gasteiger partial charge in [0, 0.05) is 11.3 Å². The van der Waals surface area contributed by atoms with Crippen molar-refractivity contribution in [3.8, 4) is 11.5 Å². The summed E-state index contributed by atoms with van der Waals surface area (Å²) < 4.78 is 5.56. The molecule has 0 saturated heterocycles. The molecule has 0 aliphatic heterocycles. The lowest BCUT2D eigenvalue weighted by molar-refractivity contribution is 0.104. The van der Waals surface area contributed by atoms with Gasteiger partial charge in [0.15, 0.2) is 5.78 Å². The van der Waals surface area contributed by atoms with E-state index in [1.54, 1.807) is 37.5 Å². The van der Waals surface area contributed by atoms with Crippen LogP contribution in [0, 0.1) is 0 Å². The van der Waals surface area contributed by atoms with Crippen LogP contribution in [0.1, 0.15) is 53.7 Å². The van der Waals surface area contributed by atoms with E-state index in [1.807, 2.05) is 6.07 Å². The van der Waals surface area contributed by atoms with Crippen molar-refractivity contribution in [2.45, 2.75) is 39.5 Å². The number of phenolic OH excluding ortho intramolecular Hbond substituents is 1. The zero-order chi connectivity index (χ0) is 19.1. The molecule has 0 saturated carbocycles. The maximum atomic E-state index is 12.4. The van der Waals surface area contributed by atoms with Crippen molar-refractivity contribution in [3.63, 3.8) is 0 Å². The first-order valence-electron chi connectivity index (χ1n) is 9.01. The number of ether oxygens (including phenoxy) is 1. The highest BCUT2D eigenvalue weighted by Crippen LogP contribution is 2.37. The summed E-state index contributed by atoms with van der Waals surface area (Å²) in [5, 5.41) is 10.7. The van der Waals surface area contributed by atoms with Gasteiger partial charge in [0.05, 0.1) is 12.7 Å². The number of carbonyl (C=O) groups is 1. The molecule has 4 nitrogen and oxygen atoms in total. The molecule has 0 heterocycles. The molecule has 0 fully saturated rings. The Labute approximate surface area is 155 Å². The fraction of sp³-hybridized carbons (Fsp3) is 0.318. The summed E-state index contributed by atoms with van der Waals surface area (Å²) in [6.45, 7) is 4.18. The largest absolute Gasteiger partial charge is 0.507 e. The van der Waals surface area contributed by atoms with Crippen LogP contribution >= 0.6 is 0 Å². The summed E-state index contributed by atoms with van der Waals surface area (Å²) in [6.07, 6.45) is 6.64. The Balaban J connectivity index is 2.45. The second-order valence-electron chi connectivity index (χ2n) is 6.31. The Kier molecular flexibility index (Phi) is 6.84. The number of ketones is 1. The SMILES string of the molecule is CCCc1cc(CCC)c(OC)c(C=CC(=O)c2ccc(N)cc2)c1O. The standard InChI is InChI=1S/C22H27NO3/c1-4-6-16-14-17(7-5-2)22(26-3)19(21(16)25)12-13-20(24)15-8-10-18(23)11-9-15/h8-14,25H,4-7,23H2,1-3H3. The summed E-state index contributed by atoms with van der Waals surface area (Å²) in [6, 6.07) is 8.78. The van der Waals surface area contributed by atoms with Crippen molar-refractivity contribution in [2.75, 3.05) is 12.8 Å². The minimum Gasteiger partial charge on any atom is -0.507 e. The third kappa shape index (κ3) is 4.45. The van der Waals surface area contributed by atoms with E-state index < -0.39 is 0 Å². The zero-order valence-electron chi connectivity index (χ0n) is 15.7. The van der Waals surface area contributed by atoms with Crippen molar-refractivity contribution in [2.24, 2.45) is 0 Å². The first kappa shape index (κ1) is 19.6. The molecule has 0 atom stereocenters. The van der Waals surface area contributed by atoms with Crippen LogP contribution in [0.3, 0.4) is 0 Å². The number of anilines is 1. The molecule has 0 unspecified atom stereocenters. The number of benzene rings is 2. The maximum Gasteiger partial charge on any atom is 0.185 e. The number of aryl methyl sites for hydroxylation is 2. The topological polar surface area (TPSA) is 72.5 Å². The first-order chi connectivity index (χ1) is 12.5. The number of rotatable bonds is 8. The summed E-state index contributed by atoms with van der Waals surface area (Å²) in [5.74, 6) is 0.667. The van der Waals surface area contributed by atoms with Gasteiger partial charge in [-0.3, -0.25) is 4.79 Å². The minimum atomic E-state index is -0.149. The van der Waals surface area contributed by atoms with Crippen molar-refractivity contribution < 1.29 is 14.6 Å². The predicted octanol–water partition coefficient (Wildman–Crippen LogP) is 4.78. The summed E-state index contributed by atoms with van der Waals surface area (Å²) in [7, 11) is 1.59. The van der Waals surface area contributed by atoms with Crippen molar-refractivity contribution >= 4 is 17.5 Å². The highest BCUT2D eigenvalue weighted by atomic mass is 16.5. The van der Waals surface area contributed by atoms with Crippen LogP contribution in [-0.4, -0.2) is 18.0 Å². The Morgan fingerprint density at radius 3 is 2.31 bits per heavy atom. The van der Waals surface area contributed by atoms with E-state index in [9.17, 15) is 9.90 Å². The molecule has 2 aromatic rings. The van der Waals surface area contributed by atoms with Gasteiger partial charge >= 0.3 is 0 Å². The van der Waals surface area contributed by atoms with E-state index in [1.165, 1.54) is 6.08 Å². The van der Waals surface area contributed by atoms with Gasteiger partial charge in [0.1, 0.15) is 11.5 Å². The Morgan fingerprint density at radius 2 is 1.73 bits per heavy atom. The number of carbonyl (C=O) groups excluding carboxylic acids is 1. The molecule has 0 bridgehead atoms. The van der Waals surface area contributed by atoms with E-state index in [0.717, 1.165) is 36.8 Å². The number of nitrogens with two attached hydrogens (primary N) is 1. The Bertz CT molecular complexity index is 792. The van der Waals surface area contributed by atoms with Crippen molar-refractivity contribution in [1.29, 1.82) is 0 Å². The number of hydrogen-bond acceptors (Lipinski definition) is 4. The maximum absolute atomic E-state index is 12.4. The summed E-state index contributed by atoms with van der Waals surface area (Å²) in [5.41, 5.74) is 9.32. The average molecular weight is 353 g/mol. The quantitative estimate of drug-likeness (QED) is 0.407. The lowest BCUT2D eigenvalue weighted by atomic mass is 9.96. The number of nitrogen functional groups attached to an aromatic ring is 1. The second-order valence-corrected chi connectivity index (χ2v) is 6.31. The van der Waals surface area contributed by atoms with E-state index in [4.69, 9.17) is 10.5 Å². The molecule has 4 heteroatoms. The fourth-order valence-electron chi connectivity index (χ4n) is 3.01. The monoisotopic (exact) mass is 353 g/mol. The van der Waals surface area contributed by atoms with Gasteiger partial charge in [-0.25, -0.2) is 0 Å². The Hall–Kier alpha value is -2.75. The van der Waals surface area contributed by atoms with E-state index >= 15 is 0 Å². The minimum absolute atomic E-state index is 0.149. The molecule has 0 amide bonds. The number of hydrogen-bond donors (Lipinski definition) is 2. The lowest BCUT2D eigenvalue weighted by Gasteiger charge is -2.16. The van der Waals surface area contributed by atoms with Gasteiger partial charge in [-0.1, -0.05) is 26.7 Å². The van der Waals surface area contributed by atoms with Gasteiger partial charge in [-0.05, 0) is 66.5 Å². The van der Waals surface area contributed by atoms with Gasteiger partial charge in [0.25, 0.3) is 0 Å². The van der Waals surface area contributed by atoms with E-state index in [2.05, 4.69) is 13.8 Å². The summed E-state index contributed by atoms with van der Waals surface area (Å²) >= 11 is 0. The number of aromatic hydroxyl groups is 1. The molecule has 0 aliphatic rings. The fourth-order valence-corrected chi connectivity index (χ4v) is 3.01. The lowest BCUT2D eigenvalue weighted by Crippen LogP contribution is -2.00. The molecular formula is C22H27NO3. The molecule has 2 rings (SSSR count). The first-order valence-corrected chi connectivity index (χ1v) is 9.01. The smallest absolute Gasteiger partial charge is 0.185 e. The molecule has 0 spiro atoms. The highest BCUT2D eigenvalue weighted by Gasteiger charge is 2.16. The number of methoxy groups -OCH3 is 1. The van der Waals surface area contributed by atoms with Gasteiger partial charge in [0.2, 0.25) is 0 Å². The van der Waals surface area contributed by atoms with Gasteiger partial charge in [-0.2, -0.15) is 0 Å². The molecule has 3 N–H and O–H groups in total. The van der Waals surface area contributed by atoms with Crippen molar-refractivity contribution in [3.05, 3.63) is 58.7 Å². The van der Waals surface area contributed by atoms with Crippen LogP contribution in [0.25, 0.3) is 6.08 Å². The number of allylic oxidation sites excluding steroid dienone is 1. The van der Waals surface area contributed by atoms with Gasteiger partial charge in [-0.15, -0.1) is 0 Å². The predicted molar refractivity (Wildman–Crippen MR) is 107 cm³/mol. The van der Waals surface area contributed by atoms with Crippen LogP contribution in [-0.2, 0) is 12.8 Å². The highest BCUT2D eigenvalue weighted by molar-refractivity contribution is 6.07. The van der Waals surface area contributed by atoms with Crippen LogP contribution in [0.15, 0.2) is 36.4 Å². The second kappa shape index (κ2) is 9.09. The Morgan fingerprint density at radius 1 is 1.12 bits per heavy atom. The van der Waals surface area contributed by atoms with Crippen molar-refractivity contribution in [1.82, 2.24) is 0 Å². The van der Waals surface area contributed by atoms with Gasteiger partial charge < -0.3 is 15.6 Å².